The maximum Gasteiger partial charge on any atom is 0.305 e. The summed E-state index contributed by atoms with van der Waals surface area (Å²) in [6.45, 7) is 4.39. The van der Waals surface area contributed by atoms with Crippen molar-refractivity contribution in [2.24, 2.45) is 0 Å². The lowest BCUT2D eigenvalue weighted by Gasteiger charge is -2.11. The Morgan fingerprint density at radius 1 is 1.29 bits per heavy atom. The van der Waals surface area contributed by atoms with E-state index in [2.05, 4.69) is 6.92 Å². The molecule has 0 radical (unpaired) electrons. The monoisotopic (exact) mass is 236 g/mol. The summed E-state index contributed by atoms with van der Waals surface area (Å²) >= 11 is 0. The van der Waals surface area contributed by atoms with Crippen LogP contribution in [0.1, 0.15) is 38.2 Å². The van der Waals surface area contributed by atoms with Crippen molar-refractivity contribution < 1.29 is 14.3 Å². The van der Waals surface area contributed by atoms with E-state index in [1.807, 2.05) is 31.2 Å². The first-order chi connectivity index (χ1) is 8.17. The molecule has 0 fully saturated rings. The van der Waals surface area contributed by atoms with Crippen LogP contribution in [0, 0.1) is 0 Å². The van der Waals surface area contributed by atoms with Crippen molar-refractivity contribution in [2.75, 3.05) is 13.7 Å². The zero-order valence-corrected chi connectivity index (χ0v) is 10.7. The second-order valence-corrected chi connectivity index (χ2v) is 4.02. The van der Waals surface area contributed by atoms with Crippen molar-refractivity contribution >= 4 is 5.97 Å². The van der Waals surface area contributed by atoms with Gasteiger partial charge in [-0.3, -0.25) is 4.79 Å². The molecule has 1 aromatic carbocycles. The highest BCUT2D eigenvalue weighted by Gasteiger charge is 2.09. The third kappa shape index (κ3) is 4.47. The van der Waals surface area contributed by atoms with E-state index in [1.165, 1.54) is 5.56 Å². The minimum Gasteiger partial charge on any atom is -0.497 e. The Morgan fingerprint density at radius 2 is 1.94 bits per heavy atom. The van der Waals surface area contributed by atoms with Gasteiger partial charge in [-0.05, 0) is 37.0 Å². The Morgan fingerprint density at radius 3 is 2.47 bits per heavy atom. The highest BCUT2D eigenvalue weighted by Crippen LogP contribution is 2.23. The number of carbonyl (C=O) groups excluding carboxylic acids is 1. The van der Waals surface area contributed by atoms with E-state index in [1.54, 1.807) is 7.11 Å². The number of rotatable bonds is 6. The van der Waals surface area contributed by atoms with Gasteiger partial charge in [-0.1, -0.05) is 19.1 Å². The SMILES string of the molecule is CCOC(=O)CC[C@H](C)c1ccc(OC)cc1. The van der Waals surface area contributed by atoms with Gasteiger partial charge in [0.1, 0.15) is 5.75 Å². The third-order valence-corrected chi connectivity index (χ3v) is 2.77. The maximum absolute atomic E-state index is 11.2. The summed E-state index contributed by atoms with van der Waals surface area (Å²) in [5.41, 5.74) is 1.22. The summed E-state index contributed by atoms with van der Waals surface area (Å²) in [5, 5.41) is 0. The lowest BCUT2D eigenvalue weighted by Crippen LogP contribution is -2.05. The van der Waals surface area contributed by atoms with Crippen LogP contribution in [0.25, 0.3) is 0 Å². The van der Waals surface area contributed by atoms with E-state index >= 15 is 0 Å². The molecule has 0 unspecified atom stereocenters. The van der Waals surface area contributed by atoms with Crippen LogP contribution < -0.4 is 4.74 Å². The zero-order chi connectivity index (χ0) is 12.7. The number of esters is 1. The highest BCUT2D eigenvalue weighted by atomic mass is 16.5. The Kier molecular flexibility index (Phi) is 5.53. The van der Waals surface area contributed by atoms with Crippen LogP contribution in [0.3, 0.4) is 0 Å². The summed E-state index contributed by atoms with van der Waals surface area (Å²) in [7, 11) is 1.65. The minimum absolute atomic E-state index is 0.118. The molecule has 94 valence electrons. The van der Waals surface area contributed by atoms with Gasteiger partial charge in [0.2, 0.25) is 0 Å². The number of carbonyl (C=O) groups is 1. The zero-order valence-electron chi connectivity index (χ0n) is 10.7. The van der Waals surface area contributed by atoms with Crippen LogP contribution in [-0.4, -0.2) is 19.7 Å². The highest BCUT2D eigenvalue weighted by molar-refractivity contribution is 5.69. The lowest BCUT2D eigenvalue weighted by atomic mass is 9.96. The van der Waals surface area contributed by atoms with Gasteiger partial charge >= 0.3 is 5.97 Å². The Hall–Kier alpha value is -1.51. The van der Waals surface area contributed by atoms with Gasteiger partial charge < -0.3 is 9.47 Å². The number of hydrogen-bond acceptors (Lipinski definition) is 3. The Bertz CT molecular complexity index is 343. The van der Waals surface area contributed by atoms with Crippen LogP contribution in [-0.2, 0) is 9.53 Å². The maximum atomic E-state index is 11.2. The summed E-state index contributed by atoms with van der Waals surface area (Å²) in [5.74, 6) is 1.09. The van der Waals surface area contributed by atoms with E-state index in [0.29, 0.717) is 18.9 Å². The van der Waals surface area contributed by atoms with Gasteiger partial charge in [0.05, 0.1) is 13.7 Å². The van der Waals surface area contributed by atoms with E-state index in [-0.39, 0.29) is 5.97 Å². The van der Waals surface area contributed by atoms with E-state index < -0.39 is 0 Å². The number of hydrogen-bond donors (Lipinski definition) is 0. The van der Waals surface area contributed by atoms with Gasteiger partial charge in [-0.2, -0.15) is 0 Å². The normalized spacial score (nSPS) is 11.9. The van der Waals surface area contributed by atoms with Crippen LogP contribution >= 0.6 is 0 Å². The quantitative estimate of drug-likeness (QED) is 0.712. The first-order valence-corrected chi connectivity index (χ1v) is 5.97. The average molecular weight is 236 g/mol. The molecule has 3 heteroatoms. The molecule has 0 spiro atoms. The van der Waals surface area contributed by atoms with Crippen LogP contribution in [0.4, 0.5) is 0 Å². The van der Waals surface area contributed by atoms with Crippen molar-refractivity contribution in [3.63, 3.8) is 0 Å². The fourth-order valence-corrected chi connectivity index (χ4v) is 1.67. The molecular weight excluding hydrogens is 216 g/mol. The Labute approximate surface area is 103 Å². The number of methoxy groups -OCH3 is 1. The fourth-order valence-electron chi connectivity index (χ4n) is 1.67. The molecular formula is C14H20O3. The largest absolute Gasteiger partial charge is 0.497 e. The summed E-state index contributed by atoms with van der Waals surface area (Å²) < 4.78 is 10.0. The molecule has 17 heavy (non-hydrogen) atoms. The van der Waals surface area contributed by atoms with E-state index in [4.69, 9.17) is 9.47 Å². The van der Waals surface area contributed by atoms with Crippen molar-refractivity contribution in [1.82, 2.24) is 0 Å². The van der Waals surface area contributed by atoms with Crippen molar-refractivity contribution in [3.8, 4) is 5.75 Å². The van der Waals surface area contributed by atoms with Crippen LogP contribution in [0.15, 0.2) is 24.3 Å². The first kappa shape index (κ1) is 13.6. The molecule has 1 aromatic rings. The smallest absolute Gasteiger partial charge is 0.305 e. The molecule has 0 amide bonds. The molecule has 0 aliphatic rings. The first-order valence-electron chi connectivity index (χ1n) is 5.97. The van der Waals surface area contributed by atoms with Gasteiger partial charge in [0.15, 0.2) is 0 Å². The molecule has 0 aromatic heterocycles. The molecule has 0 saturated heterocycles. The van der Waals surface area contributed by atoms with Crippen LogP contribution in [0.5, 0.6) is 5.75 Å². The van der Waals surface area contributed by atoms with E-state index in [9.17, 15) is 4.79 Å². The predicted octanol–water partition coefficient (Wildman–Crippen LogP) is 3.14. The molecule has 0 N–H and O–H groups in total. The molecule has 0 bridgehead atoms. The molecule has 0 saturated carbocycles. The molecule has 0 heterocycles. The van der Waals surface area contributed by atoms with Gasteiger partial charge in [-0.25, -0.2) is 0 Å². The third-order valence-electron chi connectivity index (χ3n) is 2.77. The predicted molar refractivity (Wildman–Crippen MR) is 67.3 cm³/mol. The summed E-state index contributed by atoms with van der Waals surface area (Å²) in [6, 6.07) is 7.95. The molecule has 1 rings (SSSR count). The standard InChI is InChI=1S/C14H20O3/c1-4-17-14(15)10-5-11(2)12-6-8-13(16-3)9-7-12/h6-9,11H,4-5,10H2,1-3H3/t11-/m0/s1. The average Bonchev–Trinajstić information content (AvgIpc) is 2.36. The van der Waals surface area contributed by atoms with Gasteiger partial charge in [0.25, 0.3) is 0 Å². The molecule has 1 atom stereocenters. The van der Waals surface area contributed by atoms with Crippen molar-refractivity contribution in [3.05, 3.63) is 29.8 Å². The number of benzene rings is 1. The molecule has 0 aliphatic heterocycles. The number of ether oxygens (including phenoxy) is 2. The van der Waals surface area contributed by atoms with E-state index in [0.717, 1.165) is 12.2 Å². The topological polar surface area (TPSA) is 35.5 Å². The molecule has 0 aliphatic carbocycles. The van der Waals surface area contributed by atoms with Gasteiger partial charge in [0, 0.05) is 6.42 Å². The summed E-state index contributed by atoms with van der Waals surface area (Å²) in [6.07, 6.45) is 1.28. The lowest BCUT2D eigenvalue weighted by molar-refractivity contribution is -0.143. The molecule has 3 nitrogen and oxygen atoms in total. The second-order valence-electron chi connectivity index (χ2n) is 4.02. The van der Waals surface area contributed by atoms with Crippen molar-refractivity contribution in [2.45, 2.75) is 32.6 Å². The van der Waals surface area contributed by atoms with Crippen molar-refractivity contribution in [1.29, 1.82) is 0 Å². The second kappa shape index (κ2) is 6.94. The Balaban J connectivity index is 2.46. The van der Waals surface area contributed by atoms with Gasteiger partial charge in [-0.15, -0.1) is 0 Å². The fraction of sp³-hybridized carbons (Fsp3) is 0.500. The van der Waals surface area contributed by atoms with Crippen LogP contribution in [0.2, 0.25) is 0 Å². The summed E-state index contributed by atoms with van der Waals surface area (Å²) in [4.78, 5) is 11.2. The minimum atomic E-state index is -0.118.